The Bertz CT molecular complexity index is 890. The van der Waals surface area contributed by atoms with Crippen molar-refractivity contribution in [1.82, 2.24) is 9.62 Å². The van der Waals surface area contributed by atoms with Gasteiger partial charge in [0.2, 0.25) is 10.0 Å². The molecule has 0 saturated carbocycles. The Labute approximate surface area is 161 Å². The van der Waals surface area contributed by atoms with E-state index in [1.165, 1.54) is 17.7 Å². The van der Waals surface area contributed by atoms with Crippen LogP contribution in [0.2, 0.25) is 0 Å². The predicted molar refractivity (Wildman–Crippen MR) is 106 cm³/mol. The highest BCUT2D eigenvalue weighted by molar-refractivity contribution is 7.89. The first-order valence-electron chi connectivity index (χ1n) is 9.33. The number of hydrogen-bond donors (Lipinski definition) is 1. The van der Waals surface area contributed by atoms with Gasteiger partial charge < -0.3 is 5.32 Å². The van der Waals surface area contributed by atoms with E-state index < -0.39 is 10.0 Å². The van der Waals surface area contributed by atoms with Crippen molar-refractivity contribution in [3.8, 4) is 0 Å². The molecule has 1 unspecified atom stereocenters. The maximum Gasteiger partial charge on any atom is 0.251 e. The molecule has 0 aromatic heterocycles. The van der Waals surface area contributed by atoms with Crippen molar-refractivity contribution in [3.63, 3.8) is 0 Å². The lowest BCUT2D eigenvalue weighted by Gasteiger charge is -2.32. The van der Waals surface area contributed by atoms with E-state index in [2.05, 4.69) is 5.32 Å². The fourth-order valence-corrected chi connectivity index (χ4v) is 5.03. The molecule has 1 fully saturated rings. The molecular weight excluding hydrogens is 360 g/mol. The van der Waals surface area contributed by atoms with Crippen molar-refractivity contribution in [1.29, 1.82) is 0 Å². The van der Waals surface area contributed by atoms with Crippen LogP contribution < -0.4 is 5.32 Å². The molecule has 0 spiro atoms. The summed E-state index contributed by atoms with van der Waals surface area (Å²) < 4.78 is 27.3. The van der Waals surface area contributed by atoms with Crippen LogP contribution in [0.1, 0.15) is 47.7 Å². The quantitative estimate of drug-likeness (QED) is 0.855. The Hall–Kier alpha value is -2.18. The average Bonchev–Trinajstić information content (AvgIpc) is 2.67. The molecule has 1 aliphatic rings. The number of carbonyl (C=O) groups is 1. The highest BCUT2D eigenvalue weighted by Crippen LogP contribution is 2.25. The molecule has 27 heavy (non-hydrogen) atoms. The third kappa shape index (κ3) is 4.57. The zero-order chi connectivity index (χ0) is 19.4. The lowest BCUT2D eigenvalue weighted by Crippen LogP contribution is -2.41. The molecule has 3 rings (SSSR count). The van der Waals surface area contributed by atoms with Gasteiger partial charge in [0, 0.05) is 24.7 Å². The van der Waals surface area contributed by atoms with Crippen LogP contribution in [0.3, 0.4) is 0 Å². The number of nitrogens with one attached hydrogen (secondary N) is 1. The van der Waals surface area contributed by atoms with Crippen molar-refractivity contribution >= 4 is 15.9 Å². The van der Waals surface area contributed by atoms with E-state index >= 15 is 0 Å². The summed E-state index contributed by atoms with van der Waals surface area (Å²) in [5.41, 5.74) is 2.64. The van der Waals surface area contributed by atoms with Crippen molar-refractivity contribution in [2.45, 2.75) is 50.6 Å². The van der Waals surface area contributed by atoms with E-state index in [-0.39, 0.29) is 16.8 Å². The summed E-state index contributed by atoms with van der Waals surface area (Å²) in [6.07, 6.45) is 2.84. The van der Waals surface area contributed by atoms with Crippen LogP contribution in [0.25, 0.3) is 0 Å². The Balaban J connectivity index is 1.67. The minimum atomic E-state index is -3.51. The van der Waals surface area contributed by atoms with Crippen molar-refractivity contribution in [3.05, 3.63) is 65.2 Å². The van der Waals surface area contributed by atoms with Crippen LogP contribution in [0.15, 0.2) is 53.4 Å². The van der Waals surface area contributed by atoms with Gasteiger partial charge >= 0.3 is 0 Å². The molecular formula is C21H26N2O3S. The molecule has 2 aromatic carbocycles. The highest BCUT2D eigenvalue weighted by atomic mass is 32.2. The van der Waals surface area contributed by atoms with Gasteiger partial charge in [-0.2, -0.15) is 4.31 Å². The third-order valence-corrected chi connectivity index (χ3v) is 7.07. The van der Waals surface area contributed by atoms with Crippen molar-refractivity contribution < 1.29 is 13.2 Å². The van der Waals surface area contributed by atoms with Gasteiger partial charge in [-0.15, -0.1) is 0 Å². The Kier molecular flexibility index (Phi) is 5.97. The monoisotopic (exact) mass is 386 g/mol. The van der Waals surface area contributed by atoms with Crippen LogP contribution in [0.4, 0.5) is 0 Å². The molecule has 6 heteroatoms. The van der Waals surface area contributed by atoms with Gasteiger partial charge in [0.05, 0.1) is 4.90 Å². The number of aryl methyl sites for hydroxylation is 1. The van der Waals surface area contributed by atoms with Crippen molar-refractivity contribution in [2.24, 2.45) is 0 Å². The SMILES string of the molecule is Cc1ccc(CNC(=O)c2ccc(S(=O)(=O)N3CCCCC3C)cc2)cc1. The summed E-state index contributed by atoms with van der Waals surface area (Å²) in [4.78, 5) is 12.6. The molecule has 0 radical (unpaired) electrons. The summed E-state index contributed by atoms with van der Waals surface area (Å²) in [6.45, 7) is 4.96. The molecule has 0 bridgehead atoms. The molecule has 1 amide bonds. The van der Waals surface area contributed by atoms with Gasteiger partial charge in [-0.25, -0.2) is 8.42 Å². The number of nitrogens with zero attached hydrogens (tertiary/aromatic N) is 1. The maximum absolute atomic E-state index is 12.8. The Morgan fingerprint density at radius 3 is 2.37 bits per heavy atom. The van der Waals surface area contributed by atoms with Gasteiger partial charge in [-0.05, 0) is 56.5 Å². The molecule has 1 saturated heterocycles. The highest BCUT2D eigenvalue weighted by Gasteiger charge is 2.30. The van der Waals surface area contributed by atoms with Crippen LogP contribution in [0, 0.1) is 6.92 Å². The molecule has 2 aromatic rings. The second-order valence-corrected chi connectivity index (χ2v) is 9.04. The number of piperidine rings is 1. The molecule has 0 aliphatic carbocycles. The minimum absolute atomic E-state index is 0.0150. The van der Waals surface area contributed by atoms with Gasteiger partial charge in [0.15, 0.2) is 0 Å². The molecule has 144 valence electrons. The summed E-state index contributed by atoms with van der Waals surface area (Å²) >= 11 is 0. The van der Waals surface area contributed by atoms with Crippen LogP contribution in [-0.4, -0.2) is 31.2 Å². The number of sulfonamides is 1. The van der Waals surface area contributed by atoms with Gasteiger partial charge in [-0.1, -0.05) is 36.2 Å². The Morgan fingerprint density at radius 2 is 1.74 bits per heavy atom. The van der Waals surface area contributed by atoms with Crippen LogP contribution in [-0.2, 0) is 16.6 Å². The number of rotatable bonds is 5. The summed E-state index contributed by atoms with van der Waals surface area (Å²) in [5.74, 6) is -0.217. The lowest BCUT2D eigenvalue weighted by atomic mass is 10.1. The van der Waals surface area contributed by atoms with Gasteiger partial charge in [0.1, 0.15) is 0 Å². The first kappa shape index (κ1) is 19.6. The second kappa shape index (κ2) is 8.23. The molecule has 1 atom stereocenters. The lowest BCUT2D eigenvalue weighted by molar-refractivity contribution is 0.0951. The minimum Gasteiger partial charge on any atom is -0.348 e. The summed E-state index contributed by atoms with van der Waals surface area (Å²) in [5, 5.41) is 2.86. The number of hydrogen-bond acceptors (Lipinski definition) is 3. The maximum atomic E-state index is 12.8. The van der Waals surface area contributed by atoms with E-state index in [1.807, 2.05) is 38.1 Å². The fourth-order valence-electron chi connectivity index (χ4n) is 3.33. The third-order valence-electron chi connectivity index (χ3n) is 5.04. The number of benzene rings is 2. The largest absolute Gasteiger partial charge is 0.348 e. The summed E-state index contributed by atoms with van der Waals surface area (Å²) in [7, 11) is -3.51. The second-order valence-electron chi connectivity index (χ2n) is 7.15. The van der Waals surface area contributed by atoms with Crippen LogP contribution >= 0.6 is 0 Å². The van der Waals surface area contributed by atoms with E-state index in [9.17, 15) is 13.2 Å². The Morgan fingerprint density at radius 1 is 1.07 bits per heavy atom. The zero-order valence-corrected chi connectivity index (χ0v) is 16.6. The summed E-state index contributed by atoms with van der Waals surface area (Å²) in [6, 6.07) is 14.2. The zero-order valence-electron chi connectivity index (χ0n) is 15.8. The number of carbonyl (C=O) groups excluding carboxylic acids is 1. The molecule has 5 nitrogen and oxygen atoms in total. The smallest absolute Gasteiger partial charge is 0.251 e. The first-order valence-corrected chi connectivity index (χ1v) is 10.8. The first-order chi connectivity index (χ1) is 12.9. The molecule has 1 aliphatic heterocycles. The topological polar surface area (TPSA) is 66.5 Å². The molecule has 1 heterocycles. The van der Waals surface area contributed by atoms with E-state index in [0.29, 0.717) is 18.7 Å². The standard InChI is InChI=1S/C21H26N2O3S/c1-16-6-8-18(9-7-16)15-22-21(24)19-10-12-20(13-11-19)27(25,26)23-14-4-3-5-17(23)2/h6-13,17H,3-5,14-15H2,1-2H3,(H,22,24). The van der Waals surface area contributed by atoms with Gasteiger partial charge in [0.25, 0.3) is 5.91 Å². The normalized spacial score (nSPS) is 18.2. The van der Waals surface area contributed by atoms with Crippen molar-refractivity contribution in [2.75, 3.05) is 6.54 Å². The number of amides is 1. The van der Waals surface area contributed by atoms with Gasteiger partial charge in [-0.3, -0.25) is 4.79 Å². The predicted octanol–water partition coefficient (Wildman–Crippen LogP) is 3.49. The van der Waals surface area contributed by atoms with E-state index in [1.54, 1.807) is 16.4 Å². The average molecular weight is 387 g/mol. The molecule has 1 N–H and O–H groups in total. The van der Waals surface area contributed by atoms with E-state index in [0.717, 1.165) is 24.8 Å². The fraction of sp³-hybridized carbons (Fsp3) is 0.381. The van der Waals surface area contributed by atoms with E-state index in [4.69, 9.17) is 0 Å². The van der Waals surface area contributed by atoms with Crippen LogP contribution in [0.5, 0.6) is 0 Å².